The normalized spacial score (nSPS) is 12.8. The number of pyridine rings is 1. The highest BCUT2D eigenvalue weighted by Crippen LogP contribution is 2.24. The number of likely N-dealkylation sites (N-methyl/N-ethyl adjacent to an activating group) is 1. The van der Waals surface area contributed by atoms with Gasteiger partial charge in [-0.25, -0.2) is 0 Å². The van der Waals surface area contributed by atoms with Crippen LogP contribution in [-0.4, -0.2) is 29.8 Å². The molecule has 0 saturated carbocycles. The van der Waals surface area contributed by atoms with E-state index in [9.17, 15) is 4.79 Å². The number of para-hydroxylation sites is 1. The Morgan fingerprint density at radius 2 is 2.05 bits per heavy atom. The lowest BCUT2D eigenvalue weighted by atomic mass is 9.98. The molecule has 3 heteroatoms. The summed E-state index contributed by atoms with van der Waals surface area (Å²) < 4.78 is 0. The van der Waals surface area contributed by atoms with Gasteiger partial charge in [-0.3, -0.25) is 14.7 Å². The van der Waals surface area contributed by atoms with E-state index in [1.54, 1.807) is 0 Å². The van der Waals surface area contributed by atoms with Gasteiger partial charge in [-0.05, 0) is 38.2 Å². The lowest BCUT2D eigenvalue weighted by Crippen LogP contribution is -2.27. The van der Waals surface area contributed by atoms with Gasteiger partial charge in [0.15, 0.2) is 5.78 Å². The number of hydrogen-bond acceptors (Lipinski definition) is 3. The first kappa shape index (κ1) is 14.7. The van der Waals surface area contributed by atoms with Gasteiger partial charge in [0.1, 0.15) is 0 Å². The zero-order valence-corrected chi connectivity index (χ0v) is 12.5. The van der Waals surface area contributed by atoms with Gasteiger partial charge in [0, 0.05) is 18.0 Å². The lowest BCUT2D eigenvalue weighted by molar-refractivity contribution is -0.123. The van der Waals surface area contributed by atoms with Crippen LogP contribution in [0.15, 0.2) is 36.5 Å². The number of unbranched alkanes of at least 4 members (excludes halogenated alkanes) is 1. The van der Waals surface area contributed by atoms with Crippen LogP contribution in [0.3, 0.4) is 0 Å². The zero-order valence-electron chi connectivity index (χ0n) is 12.5. The summed E-state index contributed by atoms with van der Waals surface area (Å²) in [5, 5.41) is 1.08. The molecule has 0 bridgehead atoms. The Balaban J connectivity index is 2.33. The fraction of sp³-hybridized carbons (Fsp3) is 0.412. The summed E-state index contributed by atoms with van der Waals surface area (Å²) in [6, 6.07) is 9.88. The maximum absolute atomic E-state index is 12.4. The van der Waals surface area contributed by atoms with Crippen molar-refractivity contribution in [2.24, 2.45) is 0 Å². The van der Waals surface area contributed by atoms with Crippen molar-refractivity contribution < 1.29 is 4.79 Å². The summed E-state index contributed by atoms with van der Waals surface area (Å²) in [5.41, 5.74) is 1.95. The quantitative estimate of drug-likeness (QED) is 0.804. The number of hydrogen-bond donors (Lipinski definition) is 0. The smallest absolute Gasteiger partial charge is 0.154 e. The number of rotatable bonds is 6. The maximum Gasteiger partial charge on any atom is 0.154 e. The molecule has 0 aliphatic carbocycles. The van der Waals surface area contributed by atoms with Crippen LogP contribution in [0.1, 0.15) is 37.8 Å². The first-order chi connectivity index (χ1) is 9.63. The molecule has 0 aliphatic heterocycles. The number of benzene rings is 1. The minimum atomic E-state index is -0.196. The van der Waals surface area contributed by atoms with E-state index >= 15 is 0 Å². The van der Waals surface area contributed by atoms with Gasteiger partial charge >= 0.3 is 0 Å². The van der Waals surface area contributed by atoms with E-state index in [4.69, 9.17) is 0 Å². The highest BCUT2D eigenvalue weighted by Gasteiger charge is 2.22. The second kappa shape index (κ2) is 6.62. The summed E-state index contributed by atoms with van der Waals surface area (Å²) in [6.07, 6.45) is 4.45. The summed E-state index contributed by atoms with van der Waals surface area (Å²) in [7, 11) is 3.90. The second-order valence-corrected chi connectivity index (χ2v) is 5.40. The molecule has 3 nitrogen and oxygen atoms in total. The van der Waals surface area contributed by atoms with E-state index in [-0.39, 0.29) is 11.8 Å². The third kappa shape index (κ3) is 3.23. The van der Waals surface area contributed by atoms with Gasteiger partial charge in [0.2, 0.25) is 0 Å². The van der Waals surface area contributed by atoms with Crippen molar-refractivity contribution in [2.75, 3.05) is 14.1 Å². The number of fused-ring (bicyclic) bond motifs is 1. The molecule has 1 aromatic carbocycles. The van der Waals surface area contributed by atoms with Crippen LogP contribution >= 0.6 is 0 Å². The average Bonchev–Trinajstić information content (AvgIpc) is 2.44. The highest BCUT2D eigenvalue weighted by atomic mass is 16.1. The largest absolute Gasteiger partial charge is 0.298 e. The van der Waals surface area contributed by atoms with Crippen LogP contribution in [0.5, 0.6) is 0 Å². The average molecular weight is 270 g/mol. The SMILES string of the molecule is CCCCC(=O)C(c1cnc2ccccc2c1)N(C)C. The van der Waals surface area contributed by atoms with E-state index < -0.39 is 0 Å². The first-order valence-corrected chi connectivity index (χ1v) is 7.17. The predicted octanol–water partition coefficient (Wildman–Crippen LogP) is 3.60. The molecule has 0 N–H and O–H groups in total. The van der Waals surface area contributed by atoms with Gasteiger partial charge in [-0.2, -0.15) is 0 Å². The van der Waals surface area contributed by atoms with Crippen molar-refractivity contribution in [3.05, 3.63) is 42.1 Å². The van der Waals surface area contributed by atoms with Crippen LogP contribution in [0.2, 0.25) is 0 Å². The number of Topliss-reactive ketones (excluding diaryl/α,β-unsaturated/α-hetero) is 1. The first-order valence-electron chi connectivity index (χ1n) is 7.17. The molecule has 20 heavy (non-hydrogen) atoms. The minimum Gasteiger partial charge on any atom is -0.298 e. The molecule has 1 unspecified atom stereocenters. The van der Waals surface area contributed by atoms with Gasteiger partial charge < -0.3 is 0 Å². The Bertz CT molecular complexity index is 592. The summed E-state index contributed by atoms with van der Waals surface area (Å²) in [5.74, 6) is 0.272. The van der Waals surface area contributed by atoms with Crippen molar-refractivity contribution in [1.29, 1.82) is 0 Å². The molecular formula is C17H22N2O. The van der Waals surface area contributed by atoms with Gasteiger partial charge in [-0.1, -0.05) is 31.5 Å². The minimum absolute atomic E-state index is 0.196. The van der Waals surface area contributed by atoms with Crippen LogP contribution in [0.4, 0.5) is 0 Å². The lowest BCUT2D eigenvalue weighted by Gasteiger charge is -2.23. The number of ketones is 1. The fourth-order valence-corrected chi connectivity index (χ4v) is 2.50. The molecule has 0 fully saturated rings. The monoisotopic (exact) mass is 270 g/mol. The molecule has 0 saturated heterocycles. The van der Waals surface area contributed by atoms with Crippen LogP contribution < -0.4 is 0 Å². The summed E-state index contributed by atoms with van der Waals surface area (Å²) in [4.78, 5) is 18.9. The Labute approximate surface area is 120 Å². The third-order valence-electron chi connectivity index (χ3n) is 3.53. The van der Waals surface area contributed by atoms with Gasteiger partial charge in [-0.15, -0.1) is 0 Å². The maximum atomic E-state index is 12.4. The van der Waals surface area contributed by atoms with Crippen molar-refractivity contribution in [1.82, 2.24) is 9.88 Å². The molecule has 1 heterocycles. The molecular weight excluding hydrogens is 248 g/mol. The molecule has 0 radical (unpaired) electrons. The molecule has 1 aromatic heterocycles. The summed E-state index contributed by atoms with van der Waals surface area (Å²) in [6.45, 7) is 2.11. The van der Waals surface area contributed by atoms with Crippen molar-refractivity contribution in [3.8, 4) is 0 Å². The molecule has 1 atom stereocenters. The van der Waals surface area contributed by atoms with Gasteiger partial charge in [0.05, 0.1) is 11.6 Å². The second-order valence-electron chi connectivity index (χ2n) is 5.40. The molecule has 0 amide bonds. The molecule has 0 aliphatic rings. The number of aromatic nitrogens is 1. The fourth-order valence-electron chi connectivity index (χ4n) is 2.50. The predicted molar refractivity (Wildman–Crippen MR) is 82.7 cm³/mol. The van der Waals surface area contributed by atoms with Crippen LogP contribution in [-0.2, 0) is 4.79 Å². The van der Waals surface area contributed by atoms with Crippen molar-refractivity contribution in [3.63, 3.8) is 0 Å². The van der Waals surface area contributed by atoms with Crippen LogP contribution in [0.25, 0.3) is 10.9 Å². The van der Waals surface area contributed by atoms with Crippen molar-refractivity contribution >= 4 is 16.7 Å². The molecule has 106 valence electrons. The Kier molecular flexibility index (Phi) is 4.85. The summed E-state index contributed by atoms with van der Waals surface area (Å²) >= 11 is 0. The Morgan fingerprint density at radius 3 is 2.75 bits per heavy atom. The molecule has 0 spiro atoms. The number of carbonyl (C=O) groups is 1. The van der Waals surface area contributed by atoms with E-state index in [2.05, 4.69) is 18.0 Å². The van der Waals surface area contributed by atoms with E-state index in [0.29, 0.717) is 6.42 Å². The standard InChI is InChI=1S/C17H22N2O/c1-4-5-10-16(20)17(19(2)3)14-11-13-8-6-7-9-15(13)18-12-14/h6-9,11-12,17H,4-5,10H2,1-3H3. The van der Waals surface area contributed by atoms with E-state index in [1.807, 2.05) is 49.5 Å². The Hall–Kier alpha value is -1.74. The van der Waals surface area contributed by atoms with E-state index in [0.717, 1.165) is 29.3 Å². The molecule has 2 aromatic rings. The number of nitrogens with zero attached hydrogens (tertiary/aromatic N) is 2. The topological polar surface area (TPSA) is 33.2 Å². The van der Waals surface area contributed by atoms with Crippen molar-refractivity contribution in [2.45, 2.75) is 32.2 Å². The third-order valence-corrected chi connectivity index (χ3v) is 3.53. The van der Waals surface area contributed by atoms with Gasteiger partial charge in [0.25, 0.3) is 0 Å². The number of carbonyl (C=O) groups excluding carboxylic acids is 1. The van der Waals surface area contributed by atoms with E-state index in [1.165, 1.54) is 0 Å². The Morgan fingerprint density at radius 1 is 1.30 bits per heavy atom. The van der Waals surface area contributed by atoms with Crippen LogP contribution in [0, 0.1) is 0 Å². The molecule has 2 rings (SSSR count). The highest BCUT2D eigenvalue weighted by molar-refractivity contribution is 5.87. The zero-order chi connectivity index (χ0) is 14.5.